The van der Waals surface area contributed by atoms with E-state index in [0.29, 0.717) is 13.2 Å². The maximum absolute atomic E-state index is 10.9. The molecule has 0 fully saturated rings. The number of methoxy groups -OCH3 is 1. The highest BCUT2D eigenvalue weighted by molar-refractivity contribution is 8.11. The van der Waals surface area contributed by atoms with Crippen LogP contribution < -0.4 is 0 Å². The lowest BCUT2D eigenvalue weighted by Gasteiger charge is -2.22. The van der Waals surface area contributed by atoms with Crippen LogP contribution >= 0.6 is 10.7 Å². The average Bonchev–Trinajstić information content (AvgIpc) is 1.85. The number of hydrogen-bond donors (Lipinski definition) is 0. The van der Waals surface area contributed by atoms with Crippen molar-refractivity contribution < 1.29 is 13.2 Å². The Morgan fingerprint density at radius 1 is 1.58 bits per heavy atom. The lowest BCUT2D eigenvalue weighted by molar-refractivity contribution is 0.144. The molecule has 0 radical (unpaired) electrons. The standard InChI is InChI=1S/C6H14ClNO3S/c1-4-8(12(7,9)10)6(2)5-11-3/h6H,4-5H2,1-3H3. The molecule has 0 aliphatic carbocycles. The predicted octanol–water partition coefficient (Wildman–Crippen LogP) is 0.827. The summed E-state index contributed by atoms with van der Waals surface area (Å²) < 4.78 is 27.8. The molecule has 0 N–H and O–H groups in total. The predicted molar refractivity (Wildman–Crippen MR) is 48.5 cm³/mol. The molecule has 0 saturated carbocycles. The number of nitrogens with zero attached hydrogens (tertiary/aromatic N) is 1. The zero-order valence-corrected chi connectivity index (χ0v) is 9.02. The van der Waals surface area contributed by atoms with Crippen LogP contribution in [0.2, 0.25) is 0 Å². The molecule has 0 rings (SSSR count). The fourth-order valence-electron chi connectivity index (χ4n) is 1.01. The van der Waals surface area contributed by atoms with E-state index in [1.54, 1.807) is 13.8 Å². The third-order valence-corrected chi connectivity index (χ3v) is 3.20. The van der Waals surface area contributed by atoms with Gasteiger partial charge in [0.05, 0.1) is 6.61 Å². The monoisotopic (exact) mass is 215 g/mol. The maximum Gasteiger partial charge on any atom is 0.300 e. The number of likely N-dealkylation sites (N-methyl/N-ethyl adjacent to an activating group) is 1. The number of rotatable bonds is 5. The minimum atomic E-state index is -3.61. The summed E-state index contributed by atoms with van der Waals surface area (Å²) in [5.41, 5.74) is 0. The van der Waals surface area contributed by atoms with Gasteiger partial charge in [-0.15, -0.1) is 0 Å². The second kappa shape index (κ2) is 5.01. The SMILES string of the molecule is CCN(C(C)COC)S(=O)(=O)Cl. The fourth-order valence-corrected chi connectivity index (χ4v) is 2.51. The molecule has 6 heteroatoms. The van der Waals surface area contributed by atoms with Crippen LogP contribution in [0.3, 0.4) is 0 Å². The van der Waals surface area contributed by atoms with Gasteiger partial charge in [0, 0.05) is 30.4 Å². The van der Waals surface area contributed by atoms with Crippen molar-refractivity contribution in [3.05, 3.63) is 0 Å². The van der Waals surface area contributed by atoms with Gasteiger partial charge in [-0.3, -0.25) is 0 Å². The summed E-state index contributed by atoms with van der Waals surface area (Å²) in [6.07, 6.45) is 0. The van der Waals surface area contributed by atoms with E-state index in [4.69, 9.17) is 15.4 Å². The summed E-state index contributed by atoms with van der Waals surface area (Å²) in [4.78, 5) is 0. The average molecular weight is 216 g/mol. The Balaban J connectivity index is 4.35. The summed E-state index contributed by atoms with van der Waals surface area (Å²) >= 11 is 0. The van der Waals surface area contributed by atoms with Crippen molar-refractivity contribution in [1.82, 2.24) is 4.31 Å². The molecule has 12 heavy (non-hydrogen) atoms. The molecular weight excluding hydrogens is 202 g/mol. The van der Waals surface area contributed by atoms with E-state index in [2.05, 4.69) is 0 Å². The molecule has 4 nitrogen and oxygen atoms in total. The normalized spacial score (nSPS) is 15.1. The van der Waals surface area contributed by atoms with E-state index < -0.39 is 9.24 Å². The number of hydrogen-bond acceptors (Lipinski definition) is 3. The summed E-state index contributed by atoms with van der Waals surface area (Å²) in [6.45, 7) is 4.18. The van der Waals surface area contributed by atoms with Crippen molar-refractivity contribution in [2.24, 2.45) is 0 Å². The van der Waals surface area contributed by atoms with Crippen LogP contribution in [-0.2, 0) is 14.0 Å². The van der Waals surface area contributed by atoms with E-state index in [1.807, 2.05) is 0 Å². The fraction of sp³-hybridized carbons (Fsp3) is 1.00. The lowest BCUT2D eigenvalue weighted by Crippen LogP contribution is -2.38. The van der Waals surface area contributed by atoms with E-state index in [0.717, 1.165) is 0 Å². The van der Waals surface area contributed by atoms with Gasteiger partial charge in [0.2, 0.25) is 0 Å². The molecule has 0 spiro atoms. The Hall–Kier alpha value is 0.160. The van der Waals surface area contributed by atoms with Crippen molar-refractivity contribution in [3.8, 4) is 0 Å². The quantitative estimate of drug-likeness (QED) is 0.639. The summed E-state index contributed by atoms with van der Waals surface area (Å²) in [5.74, 6) is 0. The number of halogens is 1. The Morgan fingerprint density at radius 2 is 2.08 bits per heavy atom. The Bertz CT molecular complexity index is 217. The molecule has 0 saturated heterocycles. The third kappa shape index (κ3) is 3.71. The first-order valence-corrected chi connectivity index (χ1v) is 5.90. The first-order valence-electron chi connectivity index (χ1n) is 3.63. The molecule has 0 heterocycles. The minimum absolute atomic E-state index is 0.220. The van der Waals surface area contributed by atoms with Crippen LogP contribution in [0.1, 0.15) is 13.8 Å². The van der Waals surface area contributed by atoms with Gasteiger partial charge in [0.15, 0.2) is 0 Å². The Morgan fingerprint density at radius 3 is 2.33 bits per heavy atom. The van der Waals surface area contributed by atoms with E-state index >= 15 is 0 Å². The first-order chi connectivity index (χ1) is 5.43. The van der Waals surface area contributed by atoms with Crippen LogP contribution in [0.25, 0.3) is 0 Å². The van der Waals surface area contributed by atoms with Gasteiger partial charge < -0.3 is 4.74 Å². The van der Waals surface area contributed by atoms with Crippen LogP contribution in [0.4, 0.5) is 0 Å². The second-order valence-electron chi connectivity index (χ2n) is 2.45. The summed E-state index contributed by atoms with van der Waals surface area (Å²) in [6, 6.07) is -0.220. The molecule has 0 amide bonds. The largest absolute Gasteiger partial charge is 0.383 e. The van der Waals surface area contributed by atoms with Gasteiger partial charge in [-0.05, 0) is 6.92 Å². The number of ether oxygens (including phenoxy) is 1. The highest BCUT2D eigenvalue weighted by Crippen LogP contribution is 2.10. The smallest absolute Gasteiger partial charge is 0.300 e. The molecule has 0 aromatic carbocycles. The maximum atomic E-state index is 10.9. The first kappa shape index (κ1) is 12.2. The van der Waals surface area contributed by atoms with Gasteiger partial charge in [-0.2, -0.15) is 12.7 Å². The third-order valence-electron chi connectivity index (χ3n) is 1.49. The highest BCUT2D eigenvalue weighted by atomic mass is 35.7. The van der Waals surface area contributed by atoms with E-state index in [-0.39, 0.29) is 6.04 Å². The van der Waals surface area contributed by atoms with Crippen LogP contribution in [-0.4, -0.2) is 39.0 Å². The molecule has 0 aromatic heterocycles. The second-order valence-corrected chi connectivity index (χ2v) is 4.91. The minimum Gasteiger partial charge on any atom is -0.383 e. The van der Waals surface area contributed by atoms with Gasteiger partial charge in [-0.25, -0.2) is 0 Å². The van der Waals surface area contributed by atoms with Crippen LogP contribution in [0, 0.1) is 0 Å². The molecule has 0 aliphatic rings. The molecule has 0 aliphatic heterocycles. The summed E-state index contributed by atoms with van der Waals surface area (Å²) in [7, 11) is 3.08. The molecule has 0 aromatic rings. The Labute approximate surface area is 78.0 Å². The zero-order valence-electron chi connectivity index (χ0n) is 7.45. The van der Waals surface area contributed by atoms with Crippen LogP contribution in [0.15, 0.2) is 0 Å². The lowest BCUT2D eigenvalue weighted by atomic mass is 10.4. The van der Waals surface area contributed by atoms with E-state index in [9.17, 15) is 8.42 Å². The summed E-state index contributed by atoms with van der Waals surface area (Å²) in [5, 5.41) is 0. The van der Waals surface area contributed by atoms with Crippen LogP contribution in [0.5, 0.6) is 0 Å². The Kier molecular flexibility index (Phi) is 5.08. The highest BCUT2D eigenvalue weighted by Gasteiger charge is 2.22. The van der Waals surface area contributed by atoms with Gasteiger partial charge in [0.25, 0.3) is 9.24 Å². The van der Waals surface area contributed by atoms with Crippen molar-refractivity contribution >= 4 is 19.9 Å². The van der Waals surface area contributed by atoms with Crippen molar-refractivity contribution in [2.45, 2.75) is 19.9 Å². The van der Waals surface area contributed by atoms with Crippen molar-refractivity contribution in [1.29, 1.82) is 0 Å². The molecule has 1 atom stereocenters. The van der Waals surface area contributed by atoms with Crippen molar-refractivity contribution in [3.63, 3.8) is 0 Å². The topological polar surface area (TPSA) is 46.6 Å². The van der Waals surface area contributed by atoms with Gasteiger partial charge >= 0.3 is 0 Å². The van der Waals surface area contributed by atoms with Gasteiger partial charge in [0.1, 0.15) is 0 Å². The molecule has 1 unspecified atom stereocenters. The van der Waals surface area contributed by atoms with Gasteiger partial charge in [-0.1, -0.05) is 6.92 Å². The van der Waals surface area contributed by atoms with E-state index in [1.165, 1.54) is 11.4 Å². The molecule has 74 valence electrons. The zero-order chi connectivity index (χ0) is 9.78. The molecular formula is C6H14ClNO3S. The van der Waals surface area contributed by atoms with Crippen molar-refractivity contribution in [2.75, 3.05) is 20.3 Å². The molecule has 0 bridgehead atoms.